The van der Waals surface area contributed by atoms with E-state index in [4.69, 9.17) is 0 Å². The van der Waals surface area contributed by atoms with Crippen molar-refractivity contribution in [2.45, 2.75) is 246 Å². The first-order valence-electron chi connectivity index (χ1n) is 20.8. The van der Waals surface area contributed by atoms with Crippen LogP contribution in [0.25, 0.3) is 0 Å². The van der Waals surface area contributed by atoms with E-state index in [2.05, 4.69) is 43.8 Å². The van der Waals surface area contributed by atoms with Gasteiger partial charge in [-0.15, -0.1) is 0 Å². The normalized spacial score (nSPS) is 11.5. The van der Waals surface area contributed by atoms with Gasteiger partial charge in [0.1, 0.15) is 6.54 Å². The maximum absolute atomic E-state index is 2.55. The minimum absolute atomic E-state index is 1.21. The summed E-state index contributed by atoms with van der Waals surface area (Å²) in [5.74, 6) is 0. The molecule has 1 nitrogen and oxygen atoms in total. The van der Waals surface area contributed by atoms with E-state index in [1.165, 1.54) is 225 Å². The predicted molar refractivity (Wildman–Crippen MR) is 199 cm³/mol. The highest BCUT2D eigenvalue weighted by Gasteiger charge is 2.10. The fraction of sp³-hybridized carbons (Fsp3) is 0.884. The van der Waals surface area contributed by atoms with Crippen LogP contribution in [-0.2, 0) is 19.4 Å². The fourth-order valence-electron chi connectivity index (χ4n) is 6.97. The Hall–Kier alpha value is -0.850. The number of hydrogen-bond donors (Lipinski definition) is 0. The third kappa shape index (κ3) is 26.4. The Labute approximate surface area is 279 Å². The van der Waals surface area contributed by atoms with Crippen LogP contribution in [-0.4, -0.2) is 0 Å². The van der Waals surface area contributed by atoms with E-state index in [0.717, 1.165) is 0 Å². The number of unbranched alkanes of at least 4 members (excludes halogenated alkanes) is 29. The average molecular weight is 613 g/mol. The van der Waals surface area contributed by atoms with Crippen LogP contribution in [0.2, 0.25) is 0 Å². The van der Waals surface area contributed by atoms with E-state index < -0.39 is 0 Å². The molecule has 0 bridgehead atoms. The van der Waals surface area contributed by atoms with Gasteiger partial charge in [-0.05, 0) is 37.7 Å². The van der Waals surface area contributed by atoms with Crippen LogP contribution >= 0.6 is 0 Å². The maximum atomic E-state index is 2.55. The number of pyridine rings is 1. The molecule has 0 aliphatic rings. The number of aryl methyl sites for hydroxylation is 3. The van der Waals surface area contributed by atoms with Crippen LogP contribution in [0.4, 0.5) is 0 Å². The highest BCUT2D eigenvalue weighted by Crippen LogP contribution is 2.18. The lowest BCUT2D eigenvalue weighted by Crippen LogP contribution is -2.34. The molecule has 1 rings (SSSR count). The van der Waals surface area contributed by atoms with Crippen molar-refractivity contribution in [1.29, 1.82) is 0 Å². The van der Waals surface area contributed by atoms with Crippen LogP contribution in [0.1, 0.15) is 237 Å². The van der Waals surface area contributed by atoms with Crippen molar-refractivity contribution in [3.8, 4) is 0 Å². The summed E-state index contributed by atoms with van der Waals surface area (Å²) in [5, 5.41) is 0. The molecule has 1 aromatic rings. The number of rotatable bonds is 35. The van der Waals surface area contributed by atoms with Gasteiger partial charge in [-0.3, -0.25) is 0 Å². The number of nitrogens with zero attached hydrogens (tertiary/aromatic N) is 1. The molecule has 0 radical (unpaired) electrons. The highest BCUT2D eigenvalue weighted by molar-refractivity contribution is 5.21. The standard InChI is InChI=1S/C43H82N/c1-4-7-10-13-16-19-20-21-22-23-24-25-26-29-32-35-39-44-40-38-42(36-33-30-27-17-14-11-8-5-2)43(41-44)37-34-31-28-18-15-12-9-6-3/h38,40-41H,4-37,39H2,1-3H3/q+1. The SMILES string of the molecule is CCCCCCCCCCCCCCCCCC[n+]1ccc(CCCCCCCCCC)c(CCCCCCCCCC)c1. The zero-order chi connectivity index (χ0) is 31.6. The summed E-state index contributed by atoms with van der Waals surface area (Å²) in [6.45, 7) is 8.15. The first-order valence-corrected chi connectivity index (χ1v) is 20.8. The summed E-state index contributed by atoms with van der Waals surface area (Å²) < 4.78 is 2.53. The molecule has 0 aromatic carbocycles. The van der Waals surface area contributed by atoms with E-state index in [9.17, 15) is 0 Å². The molecule has 0 fully saturated rings. The first-order chi connectivity index (χ1) is 21.8. The molecule has 0 N–H and O–H groups in total. The van der Waals surface area contributed by atoms with Crippen LogP contribution in [0.15, 0.2) is 18.5 Å². The summed E-state index contributed by atoms with van der Waals surface area (Å²) in [6.07, 6.45) is 53.3. The van der Waals surface area contributed by atoms with Gasteiger partial charge in [0.25, 0.3) is 0 Å². The molecule has 1 aromatic heterocycles. The van der Waals surface area contributed by atoms with E-state index in [1.54, 1.807) is 11.1 Å². The van der Waals surface area contributed by atoms with E-state index >= 15 is 0 Å². The molecular formula is C43H82N+. The van der Waals surface area contributed by atoms with Crippen molar-refractivity contribution < 1.29 is 4.57 Å². The van der Waals surface area contributed by atoms with Crippen molar-refractivity contribution >= 4 is 0 Å². The molecule has 0 saturated carbocycles. The lowest BCUT2D eigenvalue weighted by atomic mass is 9.97. The van der Waals surface area contributed by atoms with Gasteiger partial charge in [-0.1, -0.05) is 201 Å². The van der Waals surface area contributed by atoms with Crippen molar-refractivity contribution in [3.05, 3.63) is 29.6 Å². The quantitative estimate of drug-likeness (QED) is 0.0530. The Morgan fingerprint density at radius 1 is 0.341 bits per heavy atom. The van der Waals surface area contributed by atoms with E-state index in [0.29, 0.717) is 0 Å². The van der Waals surface area contributed by atoms with Crippen LogP contribution in [0.3, 0.4) is 0 Å². The second kappa shape index (κ2) is 33.5. The average Bonchev–Trinajstić information content (AvgIpc) is 3.04. The van der Waals surface area contributed by atoms with Gasteiger partial charge in [0.05, 0.1) is 0 Å². The topological polar surface area (TPSA) is 3.88 Å². The summed E-state index contributed by atoms with van der Waals surface area (Å²) in [6, 6.07) is 2.49. The zero-order valence-electron chi connectivity index (χ0n) is 30.9. The van der Waals surface area contributed by atoms with Crippen LogP contribution in [0, 0.1) is 0 Å². The lowest BCUT2D eigenvalue weighted by molar-refractivity contribution is -0.697. The van der Waals surface area contributed by atoms with Gasteiger partial charge in [0.15, 0.2) is 12.4 Å². The predicted octanol–water partition coefficient (Wildman–Crippen LogP) is 14.6. The molecule has 44 heavy (non-hydrogen) atoms. The second-order valence-electron chi connectivity index (χ2n) is 14.5. The van der Waals surface area contributed by atoms with Gasteiger partial charge in [-0.2, -0.15) is 0 Å². The zero-order valence-corrected chi connectivity index (χ0v) is 30.9. The minimum atomic E-state index is 1.21. The van der Waals surface area contributed by atoms with Gasteiger partial charge in [0.2, 0.25) is 0 Å². The van der Waals surface area contributed by atoms with Crippen molar-refractivity contribution in [2.24, 2.45) is 0 Å². The molecule has 258 valence electrons. The molecule has 0 aliphatic carbocycles. The smallest absolute Gasteiger partial charge is 0.172 e. The van der Waals surface area contributed by atoms with Crippen molar-refractivity contribution in [1.82, 2.24) is 0 Å². The lowest BCUT2D eigenvalue weighted by Gasteiger charge is -2.10. The molecule has 0 saturated heterocycles. The molecule has 0 spiro atoms. The largest absolute Gasteiger partial charge is 0.205 e. The molecule has 1 heterocycles. The maximum Gasteiger partial charge on any atom is 0.172 e. The Kier molecular flexibility index (Phi) is 31.4. The third-order valence-electron chi connectivity index (χ3n) is 10.1. The highest BCUT2D eigenvalue weighted by atomic mass is 14.9. The molecular weight excluding hydrogens is 530 g/mol. The Morgan fingerprint density at radius 3 is 1.00 bits per heavy atom. The van der Waals surface area contributed by atoms with Crippen molar-refractivity contribution in [3.63, 3.8) is 0 Å². The molecule has 0 unspecified atom stereocenters. The molecule has 0 aliphatic heterocycles. The monoisotopic (exact) mass is 613 g/mol. The van der Waals surface area contributed by atoms with E-state index in [-0.39, 0.29) is 0 Å². The third-order valence-corrected chi connectivity index (χ3v) is 10.1. The summed E-state index contributed by atoms with van der Waals surface area (Å²) in [5.41, 5.74) is 3.32. The van der Waals surface area contributed by atoms with Gasteiger partial charge in [-0.25, -0.2) is 4.57 Å². The summed E-state index contributed by atoms with van der Waals surface area (Å²) >= 11 is 0. The number of aromatic nitrogens is 1. The Bertz CT molecular complexity index is 694. The van der Waals surface area contributed by atoms with Crippen LogP contribution < -0.4 is 4.57 Å². The Morgan fingerprint density at radius 2 is 0.636 bits per heavy atom. The first kappa shape index (κ1) is 41.2. The number of hydrogen-bond acceptors (Lipinski definition) is 0. The van der Waals surface area contributed by atoms with Gasteiger partial charge in [0, 0.05) is 18.1 Å². The van der Waals surface area contributed by atoms with Crippen LogP contribution in [0.5, 0.6) is 0 Å². The molecule has 1 heteroatoms. The molecule has 0 atom stereocenters. The summed E-state index contributed by atoms with van der Waals surface area (Å²) in [7, 11) is 0. The summed E-state index contributed by atoms with van der Waals surface area (Å²) in [4.78, 5) is 0. The Balaban J connectivity index is 2.24. The van der Waals surface area contributed by atoms with E-state index in [1.807, 2.05) is 0 Å². The molecule has 0 amide bonds. The van der Waals surface area contributed by atoms with Crippen molar-refractivity contribution in [2.75, 3.05) is 0 Å². The fourth-order valence-corrected chi connectivity index (χ4v) is 6.97. The van der Waals surface area contributed by atoms with Gasteiger partial charge >= 0.3 is 0 Å². The van der Waals surface area contributed by atoms with Gasteiger partial charge < -0.3 is 0 Å². The second-order valence-corrected chi connectivity index (χ2v) is 14.5. The minimum Gasteiger partial charge on any atom is -0.205 e.